The summed E-state index contributed by atoms with van der Waals surface area (Å²) in [6.45, 7) is 2.83. The molecule has 0 saturated heterocycles. The molecule has 0 radical (unpaired) electrons. The smallest absolute Gasteiger partial charge is 0.153 e. The molecule has 1 aromatic carbocycles. The van der Waals surface area contributed by atoms with Crippen molar-refractivity contribution in [3.05, 3.63) is 44.3 Å². The van der Waals surface area contributed by atoms with Gasteiger partial charge in [0.05, 0.1) is 11.7 Å². The molecule has 108 valence electrons. The molecule has 7 heteroatoms. The molecule has 20 heavy (non-hydrogen) atoms. The van der Waals surface area contributed by atoms with E-state index in [2.05, 4.69) is 54.4 Å². The lowest BCUT2D eigenvalue weighted by atomic mass is 10.0. The van der Waals surface area contributed by atoms with Gasteiger partial charge in [0.15, 0.2) is 4.60 Å². The number of rotatable bonds is 5. The lowest BCUT2D eigenvalue weighted by Crippen LogP contribution is -2.27. The molecule has 0 spiro atoms. The van der Waals surface area contributed by atoms with Gasteiger partial charge in [0.25, 0.3) is 0 Å². The third kappa shape index (κ3) is 3.10. The molecule has 0 aliphatic carbocycles. The van der Waals surface area contributed by atoms with Crippen molar-refractivity contribution in [3.8, 4) is 0 Å². The molecule has 2 aromatic rings. The second kappa shape index (κ2) is 6.78. The quantitative estimate of drug-likeness (QED) is 0.826. The number of nitrogens with zero attached hydrogens (tertiary/aromatic N) is 3. The van der Waals surface area contributed by atoms with Gasteiger partial charge in [0, 0.05) is 17.1 Å². The molecule has 0 aliphatic rings. The van der Waals surface area contributed by atoms with E-state index in [1.165, 1.54) is 6.07 Å². The summed E-state index contributed by atoms with van der Waals surface area (Å²) in [5.41, 5.74) is 1.36. The SMILES string of the molecule is CCCNC(c1c(F)cccc1Br)c1c(Br)nnn1C. The van der Waals surface area contributed by atoms with Crippen molar-refractivity contribution in [2.45, 2.75) is 19.4 Å². The Bertz CT molecular complexity index is 560. The van der Waals surface area contributed by atoms with Crippen LogP contribution in [0.5, 0.6) is 0 Å². The van der Waals surface area contributed by atoms with Crippen LogP contribution in [-0.2, 0) is 7.05 Å². The second-order valence-corrected chi connectivity index (χ2v) is 6.02. The van der Waals surface area contributed by atoms with Gasteiger partial charge < -0.3 is 5.32 Å². The van der Waals surface area contributed by atoms with E-state index in [1.807, 2.05) is 6.07 Å². The van der Waals surface area contributed by atoms with Crippen LogP contribution < -0.4 is 5.32 Å². The lowest BCUT2D eigenvalue weighted by molar-refractivity contribution is 0.516. The van der Waals surface area contributed by atoms with E-state index >= 15 is 0 Å². The lowest BCUT2D eigenvalue weighted by Gasteiger charge is -2.21. The van der Waals surface area contributed by atoms with E-state index in [-0.39, 0.29) is 11.9 Å². The molecule has 0 fully saturated rings. The van der Waals surface area contributed by atoms with Gasteiger partial charge in [-0.1, -0.05) is 34.1 Å². The zero-order valence-corrected chi connectivity index (χ0v) is 14.4. The van der Waals surface area contributed by atoms with Gasteiger partial charge in [-0.05, 0) is 41.0 Å². The number of aromatic nitrogens is 3. The van der Waals surface area contributed by atoms with Crippen molar-refractivity contribution in [2.24, 2.45) is 7.05 Å². The minimum atomic E-state index is -0.320. The summed E-state index contributed by atoms with van der Waals surface area (Å²) < 4.78 is 17.2. The predicted molar refractivity (Wildman–Crippen MR) is 82.9 cm³/mol. The molecule has 1 heterocycles. The van der Waals surface area contributed by atoms with Crippen LogP contribution in [0.4, 0.5) is 4.39 Å². The number of halogens is 3. The van der Waals surface area contributed by atoms with Gasteiger partial charge in [-0.25, -0.2) is 9.07 Å². The maximum Gasteiger partial charge on any atom is 0.153 e. The van der Waals surface area contributed by atoms with E-state index in [4.69, 9.17) is 0 Å². The Hall–Kier alpha value is -0.790. The molecule has 0 saturated carbocycles. The van der Waals surface area contributed by atoms with Gasteiger partial charge in [-0.15, -0.1) is 5.10 Å². The number of nitrogens with one attached hydrogen (secondary N) is 1. The molecule has 1 unspecified atom stereocenters. The summed E-state index contributed by atoms with van der Waals surface area (Å²) in [6, 6.07) is 4.64. The Labute approximate surface area is 134 Å². The summed E-state index contributed by atoms with van der Waals surface area (Å²) >= 11 is 6.81. The molecule has 0 bridgehead atoms. The van der Waals surface area contributed by atoms with Crippen molar-refractivity contribution in [2.75, 3.05) is 6.54 Å². The first-order valence-corrected chi connectivity index (χ1v) is 7.87. The van der Waals surface area contributed by atoms with Crippen LogP contribution in [0, 0.1) is 5.82 Å². The monoisotopic (exact) mass is 404 g/mol. The molecule has 1 aromatic heterocycles. The van der Waals surface area contributed by atoms with Crippen molar-refractivity contribution in [1.82, 2.24) is 20.3 Å². The zero-order chi connectivity index (χ0) is 14.7. The average molecular weight is 406 g/mol. The van der Waals surface area contributed by atoms with E-state index in [9.17, 15) is 4.39 Å². The van der Waals surface area contributed by atoms with Crippen LogP contribution in [0.15, 0.2) is 27.3 Å². The fourth-order valence-electron chi connectivity index (χ4n) is 2.06. The fourth-order valence-corrected chi connectivity index (χ4v) is 3.18. The van der Waals surface area contributed by atoms with Gasteiger partial charge in [-0.2, -0.15) is 0 Å². The average Bonchev–Trinajstić information content (AvgIpc) is 2.73. The Morgan fingerprint density at radius 3 is 2.70 bits per heavy atom. The Morgan fingerprint density at radius 2 is 2.15 bits per heavy atom. The van der Waals surface area contributed by atoms with E-state index in [0.29, 0.717) is 10.2 Å². The molecule has 0 aliphatic heterocycles. The van der Waals surface area contributed by atoms with Crippen molar-refractivity contribution >= 4 is 31.9 Å². The molecule has 2 rings (SSSR count). The maximum absolute atomic E-state index is 14.2. The molecular weight excluding hydrogens is 391 g/mol. The van der Waals surface area contributed by atoms with Crippen molar-refractivity contribution in [3.63, 3.8) is 0 Å². The van der Waals surface area contributed by atoms with E-state index in [0.717, 1.165) is 23.1 Å². The molecule has 1 atom stereocenters. The highest BCUT2D eigenvalue weighted by atomic mass is 79.9. The predicted octanol–water partition coefficient (Wildman–Crippen LogP) is 3.57. The standard InChI is InChI=1S/C13H15Br2FN4/c1-3-7-17-11(12-13(15)18-19-20(12)2)10-8(14)5-4-6-9(10)16/h4-6,11,17H,3,7H2,1-2H3. The van der Waals surface area contributed by atoms with Crippen molar-refractivity contribution in [1.29, 1.82) is 0 Å². The summed E-state index contributed by atoms with van der Waals surface area (Å²) in [6.07, 6.45) is 0.950. The van der Waals surface area contributed by atoms with Crippen LogP contribution in [0.25, 0.3) is 0 Å². The highest BCUT2D eigenvalue weighted by molar-refractivity contribution is 9.10. The Kier molecular flexibility index (Phi) is 5.29. The van der Waals surface area contributed by atoms with Crippen LogP contribution in [0.3, 0.4) is 0 Å². The first-order chi connectivity index (χ1) is 9.56. The highest BCUT2D eigenvalue weighted by Crippen LogP contribution is 2.33. The second-order valence-electron chi connectivity index (χ2n) is 4.41. The molecule has 0 amide bonds. The number of aryl methyl sites for hydroxylation is 1. The third-order valence-corrected chi connectivity index (χ3v) is 4.24. The zero-order valence-electron chi connectivity index (χ0n) is 11.2. The van der Waals surface area contributed by atoms with Crippen molar-refractivity contribution < 1.29 is 4.39 Å². The van der Waals surface area contributed by atoms with Gasteiger partial charge in [0.2, 0.25) is 0 Å². The Morgan fingerprint density at radius 1 is 1.40 bits per heavy atom. The van der Waals surface area contributed by atoms with E-state index in [1.54, 1.807) is 17.8 Å². The van der Waals surface area contributed by atoms with E-state index < -0.39 is 0 Å². The number of hydrogen-bond acceptors (Lipinski definition) is 3. The topological polar surface area (TPSA) is 42.7 Å². The summed E-state index contributed by atoms with van der Waals surface area (Å²) in [4.78, 5) is 0. The van der Waals surface area contributed by atoms with Crippen LogP contribution in [0.1, 0.15) is 30.6 Å². The minimum absolute atomic E-state index is 0.263. The molecular formula is C13H15Br2FN4. The van der Waals surface area contributed by atoms with Gasteiger partial charge >= 0.3 is 0 Å². The first-order valence-electron chi connectivity index (χ1n) is 6.28. The van der Waals surface area contributed by atoms with Gasteiger partial charge in [0.1, 0.15) is 5.82 Å². The third-order valence-electron chi connectivity index (χ3n) is 2.99. The largest absolute Gasteiger partial charge is 0.305 e. The molecule has 4 nitrogen and oxygen atoms in total. The first kappa shape index (κ1) is 15.6. The number of benzene rings is 1. The Balaban J connectivity index is 2.53. The normalized spacial score (nSPS) is 12.7. The number of hydrogen-bond donors (Lipinski definition) is 1. The highest BCUT2D eigenvalue weighted by Gasteiger charge is 2.25. The fraction of sp³-hybridized carbons (Fsp3) is 0.385. The molecule has 1 N–H and O–H groups in total. The van der Waals surface area contributed by atoms with Crippen LogP contribution in [-0.4, -0.2) is 21.5 Å². The summed E-state index contributed by atoms with van der Waals surface area (Å²) in [5.74, 6) is -0.263. The minimum Gasteiger partial charge on any atom is -0.305 e. The maximum atomic E-state index is 14.2. The summed E-state index contributed by atoms with van der Waals surface area (Å²) in [5, 5.41) is 11.3. The van der Waals surface area contributed by atoms with Crippen LogP contribution in [0.2, 0.25) is 0 Å². The van der Waals surface area contributed by atoms with Crippen LogP contribution >= 0.6 is 31.9 Å². The summed E-state index contributed by atoms with van der Waals surface area (Å²) in [7, 11) is 1.79. The van der Waals surface area contributed by atoms with Gasteiger partial charge in [-0.3, -0.25) is 0 Å².